The van der Waals surface area contributed by atoms with Gasteiger partial charge in [0.2, 0.25) is 11.8 Å². The number of aromatic nitrogens is 1. The summed E-state index contributed by atoms with van der Waals surface area (Å²) >= 11 is 0. The van der Waals surface area contributed by atoms with Crippen LogP contribution in [-0.4, -0.2) is 64.9 Å². The van der Waals surface area contributed by atoms with Gasteiger partial charge in [-0.25, -0.2) is 4.98 Å². The van der Waals surface area contributed by atoms with E-state index >= 15 is 0 Å². The summed E-state index contributed by atoms with van der Waals surface area (Å²) in [5, 5.41) is 1.83. The molecule has 1 aromatic heterocycles. The number of methoxy groups -OCH3 is 1. The molecular weight excluding hydrogens is 572 g/mol. The largest absolute Gasteiger partial charge is 0.472 e. The van der Waals surface area contributed by atoms with Crippen LogP contribution in [0, 0.1) is 29.6 Å². The minimum Gasteiger partial charge on any atom is -0.472 e. The number of carbonyl (C=O) groups excluding carboxylic acids is 4. The highest BCUT2D eigenvalue weighted by Crippen LogP contribution is 2.59. The van der Waals surface area contributed by atoms with Gasteiger partial charge in [-0.1, -0.05) is 51.8 Å². The maximum atomic E-state index is 14.4. The molecule has 2 fully saturated rings. The fourth-order valence-corrected chi connectivity index (χ4v) is 6.75. The second-order valence-electron chi connectivity index (χ2n) is 15.0. The van der Waals surface area contributed by atoms with Crippen LogP contribution < -0.4 is 4.74 Å². The van der Waals surface area contributed by atoms with Gasteiger partial charge in [0.15, 0.2) is 5.78 Å². The van der Waals surface area contributed by atoms with Crippen LogP contribution in [0.2, 0.25) is 0 Å². The van der Waals surface area contributed by atoms with Crippen molar-refractivity contribution >= 4 is 34.4 Å². The van der Waals surface area contributed by atoms with Gasteiger partial charge in [0.1, 0.15) is 11.7 Å². The smallest absolute Gasteiger partial charge is 0.312 e. The van der Waals surface area contributed by atoms with Gasteiger partial charge in [-0.05, 0) is 69.4 Å². The number of esters is 2. The maximum Gasteiger partial charge on any atom is 0.312 e. The summed E-state index contributed by atoms with van der Waals surface area (Å²) in [6, 6.07) is 7.12. The number of Topliss-reactive ketones (excluding diaryl/α,β-unsaturated/α-hetero) is 1. The number of fused-ring (bicyclic) bond motifs is 1. The van der Waals surface area contributed by atoms with E-state index in [1.165, 1.54) is 7.11 Å². The molecule has 4 rings (SSSR count). The molecule has 5 atom stereocenters. The zero-order valence-corrected chi connectivity index (χ0v) is 28.4. The van der Waals surface area contributed by atoms with Crippen LogP contribution in [-0.2, 0) is 28.7 Å². The van der Waals surface area contributed by atoms with Crippen molar-refractivity contribution in [2.45, 2.75) is 112 Å². The van der Waals surface area contributed by atoms with E-state index in [4.69, 9.17) is 14.2 Å². The van der Waals surface area contributed by atoms with Crippen molar-refractivity contribution in [1.29, 1.82) is 0 Å². The molecule has 1 amide bonds. The van der Waals surface area contributed by atoms with Crippen molar-refractivity contribution < 1.29 is 33.4 Å². The first-order chi connectivity index (χ1) is 21.0. The summed E-state index contributed by atoms with van der Waals surface area (Å²) in [7, 11) is 1.36. The molecule has 1 saturated heterocycles. The molecule has 0 unspecified atom stereocenters. The molecule has 1 saturated carbocycles. The second kappa shape index (κ2) is 13.1. The Morgan fingerprint density at radius 2 is 1.80 bits per heavy atom. The molecule has 1 aromatic carbocycles. The highest BCUT2D eigenvalue weighted by atomic mass is 16.6. The predicted molar refractivity (Wildman–Crippen MR) is 172 cm³/mol. The van der Waals surface area contributed by atoms with E-state index in [9.17, 15) is 19.2 Å². The molecule has 0 radical (unpaired) electrons. The average Bonchev–Trinajstić information content (AvgIpc) is 3.45. The normalized spacial score (nSPS) is 23.8. The molecule has 0 N–H and O–H groups in total. The minimum absolute atomic E-state index is 0.00352. The molecule has 2 heterocycles. The lowest BCUT2D eigenvalue weighted by atomic mass is 9.77. The Bertz CT molecular complexity index is 1440. The van der Waals surface area contributed by atoms with Gasteiger partial charge in [0, 0.05) is 24.4 Å². The Hall–Kier alpha value is -3.49. The lowest BCUT2D eigenvalue weighted by molar-refractivity contribution is -0.161. The van der Waals surface area contributed by atoms with Crippen LogP contribution in [0.3, 0.4) is 0 Å². The highest BCUT2D eigenvalue weighted by molar-refractivity contribution is 5.96. The van der Waals surface area contributed by atoms with Crippen LogP contribution >= 0.6 is 0 Å². The van der Waals surface area contributed by atoms with Crippen molar-refractivity contribution in [3.63, 3.8) is 0 Å². The number of aryl methyl sites for hydroxylation is 1. The first-order valence-electron chi connectivity index (χ1n) is 16.1. The Morgan fingerprint density at radius 3 is 2.42 bits per heavy atom. The summed E-state index contributed by atoms with van der Waals surface area (Å²) in [5.41, 5.74) is -1.03. The molecule has 2 aliphatic rings. The molecule has 9 heteroatoms. The summed E-state index contributed by atoms with van der Waals surface area (Å²) in [6.45, 7) is 15.3. The third-order valence-electron chi connectivity index (χ3n) is 9.16. The number of pyridine rings is 1. The van der Waals surface area contributed by atoms with Gasteiger partial charge in [0.25, 0.3) is 0 Å². The lowest BCUT2D eigenvalue weighted by Gasteiger charge is -2.35. The second-order valence-corrected chi connectivity index (χ2v) is 15.0. The Balaban J connectivity index is 1.65. The predicted octanol–water partition coefficient (Wildman–Crippen LogP) is 6.22. The van der Waals surface area contributed by atoms with E-state index < -0.39 is 40.5 Å². The van der Waals surface area contributed by atoms with E-state index in [-0.39, 0.29) is 49.4 Å². The quantitative estimate of drug-likeness (QED) is 0.272. The maximum absolute atomic E-state index is 14.4. The minimum atomic E-state index is -0.857. The number of nitrogens with zero attached hydrogens (tertiary/aromatic N) is 2. The van der Waals surface area contributed by atoms with Crippen molar-refractivity contribution in [2.75, 3.05) is 13.7 Å². The number of likely N-dealkylation sites (tertiary alicyclic amines) is 1. The average molecular weight is 623 g/mol. The number of hydrogen-bond acceptors (Lipinski definition) is 8. The molecule has 0 spiro atoms. The summed E-state index contributed by atoms with van der Waals surface area (Å²) in [5.74, 6) is -1.54. The van der Waals surface area contributed by atoms with Crippen LogP contribution in [0.1, 0.15) is 92.6 Å². The van der Waals surface area contributed by atoms with E-state index in [0.29, 0.717) is 12.3 Å². The fourth-order valence-electron chi connectivity index (χ4n) is 6.75. The van der Waals surface area contributed by atoms with E-state index in [2.05, 4.69) is 18.0 Å². The standard InChI is InChI=1S/C36H50N2O7/c1-10-11-24-19-36(24,33(42)43-9)20-29(39)28-17-25(44-31-26-13-12-22(2)16-23(26)14-15-37-31)21-38(28)32(41)27(34(3,4)5)18-30(40)45-35(6,7)8/h12-16,24-25,27-28H,10-11,17-21H2,1-9H3/t24-,25-,27-,28+,36-/m1/s1. The Labute approximate surface area is 267 Å². The number of rotatable bonds is 11. The third-order valence-corrected chi connectivity index (χ3v) is 9.16. The van der Waals surface area contributed by atoms with Crippen LogP contribution in [0.15, 0.2) is 30.5 Å². The van der Waals surface area contributed by atoms with E-state index in [1.54, 1.807) is 31.9 Å². The Morgan fingerprint density at radius 1 is 1.09 bits per heavy atom. The number of benzene rings is 1. The van der Waals surface area contributed by atoms with Gasteiger partial charge >= 0.3 is 11.9 Å². The molecular formula is C36H50N2O7. The summed E-state index contributed by atoms with van der Waals surface area (Å²) in [4.78, 5) is 60.5. The van der Waals surface area contributed by atoms with Crippen molar-refractivity contribution in [1.82, 2.24) is 9.88 Å². The van der Waals surface area contributed by atoms with Gasteiger partial charge in [-0.3, -0.25) is 19.2 Å². The van der Waals surface area contributed by atoms with Crippen LogP contribution in [0.4, 0.5) is 0 Å². The van der Waals surface area contributed by atoms with E-state index in [1.807, 2.05) is 45.9 Å². The zero-order chi connectivity index (χ0) is 33.3. The first-order valence-corrected chi connectivity index (χ1v) is 16.1. The van der Waals surface area contributed by atoms with Crippen LogP contribution in [0.25, 0.3) is 10.8 Å². The first kappa shape index (κ1) is 34.4. The zero-order valence-electron chi connectivity index (χ0n) is 28.4. The van der Waals surface area contributed by atoms with E-state index in [0.717, 1.165) is 29.2 Å². The van der Waals surface area contributed by atoms with Crippen molar-refractivity contribution in [2.24, 2.45) is 22.7 Å². The van der Waals surface area contributed by atoms with Crippen molar-refractivity contribution in [3.05, 3.63) is 36.0 Å². The molecule has 1 aliphatic heterocycles. The number of carbonyl (C=O) groups is 4. The monoisotopic (exact) mass is 622 g/mol. The van der Waals surface area contributed by atoms with Gasteiger partial charge in [-0.15, -0.1) is 0 Å². The molecule has 9 nitrogen and oxygen atoms in total. The molecule has 0 bridgehead atoms. The summed E-state index contributed by atoms with van der Waals surface area (Å²) in [6.07, 6.45) is 3.66. The SMILES string of the molecule is CCC[C@@H]1C[C@]1(CC(=O)[C@@H]1C[C@@H](Oc2nccc3cc(C)ccc23)CN1C(=O)[C@@H](CC(=O)OC(C)(C)C)C(C)(C)C)C(=O)OC. The molecule has 246 valence electrons. The number of ether oxygens (including phenoxy) is 3. The number of amides is 1. The van der Waals surface area contributed by atoms with Gasteiger partial charge in [0.05, 0.1) is 37.5 Å². The summed E-state index contributed by atoms with van der Waals surface area (Å²) < 4.78 is 17.2. The third kappa shape index (κ3) is 7.85. The molecule has 2 aromatic rings. The fraction of sp³-hybridized carbons (Fsp3) is 0.639. The highest BCUT2D eigenvalue weighted by Gasteiger charge is 2.62. The lowest BCUT2D eigenvalue weighted by Crippen LogP contribution is -2.48. The van der Waals surface area contributed by atoms with Crippen LogP contribution in [0.5, 0.6) is 5.88 Å². The van der Waals surface area contributed by atoms with Gasteiger partial charge in [-0.2, -0.15) is 0 Å². The number of ketones is 1. The molecule has 1 aliphatic carbocycles. The van der Waals surface area contributed by atoms with Crippen molar-refractivity contribution in [3.8, 4) is 5.88 Å². The van der Waals surface area contributed by atoms with Gasteiger partial charge < -0.3 is 19.1 Å². The topological polar surface area (TPSA) is 112 Å². The molecule has 45 heavy (non-hydrogen) atoms. The Kier molecular flexibility index (Phi) is 10.0. The number of hydrogen-bond donors (Lipinski definition) is 0.